The van der Waals surface area contributed by atoms with Gasteiger partial charge in [0.15, 0.2) is 23.1 Å². The topological polar surface area (TPSA) is 61.3 Å². The highest BCUT2D eigenvalue weighted by molar-refractivity contribution is 5.47. The van der Waals surface area contributed by atoms with Crippen molar-refractivity contribution in [3.63, 3.8) is 0 Å². The molecule has 0 fully saturated rings. The molecule has 0 saturated carbocycles. The molecule has 0 aliphatic carbocycles. The fraction of sp³-hybridized carbons (Fsp3) is 0. The molecule has 88 valence electrons. The van der Waals surface area contributed by atoms with Gasteiger partial charge in [-0.05, 0) is 24.3 Å². The Morgan fingerprint density at radius 2 is 1.18 bits per heavy atom. The molecule has 17 heavy (non-hydrogen) atoms. The first-order chi connectivity index (χ1) is 8.06. The summed E-state index contributed by atoms with van der Waals surface area (Å²) >= 11 is 0. The lowest BCUT2D eigenvalue weighted by Crippen LogP contribution is -1.94. The Labute approximate surface area is 96.6 Å². The summed E-state index contributed by atoms with van der Waals surface area (Å²) in [4.78, 5) is 0. The van der Waals surface area contributed by atoms with Gasteiger partial charge in [0.2, 0.25) is 0 Å². The number of anilines is 2. The number of ether oxygens (including phenoxy) is 1. The Morgan fingerprint density at radius 1 is 0.765 bits per heavy atom. The van der Waals surface area contributed by atoms with E-state index in [0.717, 1.165) is 12.1 Å². The van der Waals surface area contributed by atoms with E-state index in [2.05, 4.69) is 0 Å². The molecule has 5 heteroatoms. The number of benzene rings is 2. The minimum absolute atomic E-state index is 0.0946. The van der Waals surface area contributed by atoms with Crippen molar-refractivity contribution >= 4 is 11.4 Å². The summed E-state index contributed by atoms with van der Waals surface area (Å²) in [5, 5.41) is 0. The first kappa shape index (κ1) is 11.2. The van der Waals surface area contributed by atoms with Crippen LogP contribution >= 0.6 is 0 Å². The highest BCUT2D eigenvalue weighted by atomic mass is 19.1. The van der Waals surface area contributed by atoms with Crippen LogP contribution < -0.4 is 16.2 Å². The third-order valence-electron chi connectivity index (χ3n) is 2.13. The van der Waals surface area contributed by atoms with Crippen LogP contribution in [-0.4, -0.2) is 0 Å². The zero-order valence-electron chi connectivity index (χ0n) is 8.78. The molecule has 2 aromatic rings. The third-order valence-corrected chi connectivity index (χ3v) is 2.13. The summed E-state index contributed by atoms with van der Waals surface area (Å²) in [6.07, 6.45) is 0. The van der Waals surface area contributed by atoms with E-state index < -0.39 is 11.6 Å². The maximum atomic E-state index is 13.4. The Bertz CT molecular complexity index is 509. The van der Waals surface area contributed by atoms with Gasteiger partial charge in [0.05, 0.1) is 0 Å². The monoisotopic (exact) mass is 236 g/mol. The molecule has 0 aliphatic rings. The van der Waals surface area contributed by atoms with Crippen molar-refractivity contribution in [1.82, 2.24) is 0 Å². The molecule has 2 rings (SSSR count). The van der Waals surface area contributed by atoms with Gasteiger partial charge in [-0.1, -0.05) is 0 Å². The van der Waals surface area contributed by atoms with E-state index in [-0.39, 0.29) is 22.9 Å². The van der Waals surface area contributed by atoms with Gasteiger partial charge >= 0.3 is 0 Å². The minimum atomic E-state index is -0.652. The van der Waals surface area contributed by atoms with E-state index in [9.17, 15) is 8.78 Å². The molecule has 0 bridgehead atoms. The van der Waals surface area contributed by atoms with Crippen LogP contribution in [0.4, 0.5) is 20.2 Å². The highest BCUT2D eigenvalue weighted by Gasteiger charge is 2.09. The van der Waals surface area contributed by atoms with Crippen molar-refractivity contribution in [3.8, 4) is 11.5 Å². The van der Waals surface area contributed by atoms with Crippen molar-refractivity contribution < 1.29 is 13.5 Å². The smallest absolute Gasteiger partial charge is 0.167 e. The normalized spacial score (nSPS) is 10.2. The third kappa shape index (κ3) is 2.44. The lowest BCUT2D eigenvalue weighted by Gasteiger charge is -2.08. The van der Waals surface area contributed by atoms with Crippen LogP contribution in [0.1, 0.15) is 0 Å². The van der Waals surface area contributed by atoms with E-state index in [1.165, 1.54) is 24.3 Å². The number of rotatable bonds is 2. The maximum Gasteiger partial charge on any atom is 0.167 e. The van der Waals surface area contributed by atoms with Gasteiger partial charge in [-0.2, -0.15) is 0 Å². The molecule has 0 unspecified atom stereocenters. The minimum Gasteiger partial charge on any atom is -0.451 e. The van der Waals surface area contributed by atoms with Crippen LogP contribution in [0.2, 0.25) is 0 Å². The largest absolute Gasteiger partial charge is 0.451 e. The molecule has 0 saturated heterocycles. The van der Waals surface area contributed by atoms with Crippen LogP contribution in [0.25, 0.3) is 0 Å². The molecule has 4 N–H and O–H groups in total. The molecule has 0 aliphatic heterocycles. The molecule has 3 nitrogen and oxygen atoms in total. The standard InChI is InChI=1S/C12H10F2N2O/c13-9-5-7(15)1-3-11(9)17-12-4-2-8(16)6-10(12)14/h1-6H,15-16H2. The summed E-state index contributed by atoms with van der Waals surface area (Å²) in [7, 11) is 0. The Kier molecular flexibility index (Phi) is 2.82. The summed E-state index contributed by atoms with van der Waals surface area (Å²) < 4.78 is 31.9. The summed E-state index contributed by atoms with van der Waals surface area (Å²) in [6.45, 7) is 0. The Balaban J connectivity index is 2.31. The maximum absolute atomic E-state index is 13.4. The van der Waals surface area contributed by atoms with Gasteiger partial charge in [-0.15, -0.1) is 0 Å². The van der Waals surface area contributed by atoms with Crippen LogP contribution in [0, 0.1) is 11.6 Å². The van der Waals surface area contributed by atoms with E-state index in [1.54, 1.807) is 0 Å². The van der Waals surface area contributed by atoms with Crippen LogP contribution in [0.5, 0.6) is 11.5 Å². The second-order valence-corrected chi connectivity index (χ2v) is 3.48. The number of nitrogens with two attached hydrogens (primary N) is 2. The van der Waals surface area contributed by atoms with Gasteiger partial charge in [-0.25, -0.2) is 8.78 Å². The van der Waals surface area contributed by atoms with Crippen LogP contribution in [0.15, 0.2) is 36.4 Å². The Hall–Kier alpha value is -2.30. The predicted octanol–water partition coefficient (Wildman–Crippen LogP) is 2.92. The van der Waals surface area contributed by atoms with E-state index in [1.807, 2.05) is 0 Å². The average molecular weight is 236 g/mol. The van der Waals surface area contributed by atoms with Crippen molar-refractivity contribution in [2.45, 2.75) is 0 Å². The first-order valence-corrected chi connectivity index (χ1v) is 4.84. The van der Waals surface area contributed by atoms with E-state index in [0.29, 0.717) is 0 Å². The molecule has 0 spiro atoms. The lowest BCUT2D eigenvalue weighted by molar-refractivity contribution is 0.415. The Morgan fingerprint density at radius 3 is 1.53 bits per heavy atom. The molecule has 2 aromatic carbocycles. The van der Waals surface area contributed by atoms with Gasteiger partial charge < -0.3 is 16.2 Å². The van der Waals surface area contributed by atoms with E-state index in [4.69, 9.17) is 16.2 Å². The fourth-order valence-electron chi connectivity index (χ4n) is 1.32. The van der Waals surface area contributed by atoms with Gasteiger partial charge in [0.1, 0.15) is 0 Å². The molecule has 0 amide bonds. The average Bonchev–Trinajstić information content (AvgIpc) is 2.25. The van der Waals surface area contributed by atoms with Gasteiger partial charge in [-0.3, -0.25) is 0 Å². The van der Waals surface area contributed by atoms with Gasteiger partial charge in [0, 0.05) is 23.5 Å². The number of nitrogen functional groups attached to an aromatic ring is 2. The second-order valence-electron chi connectivity index (χ2n) is 3.48. The van der Waals surface area contributed by atoms with E-state index >= 15 is 0 Å². The molecule has 0 radical (unpaired) electrons. The molecular weight excluding hydrogens is 226 g/mol. The summed E-state index contributed by atoms with van der Waals surface area (Å²) in [5.41, 5.74) is 11.3. The zero-order valence-corrected chi connectivity index (χ0v) is 8.78. The van der Waals surface area contributed by atoms with Crippen molar-refractivity contribution in [1.29, 1.82) is 0 Å². The number of hydrogen-bond acceptors (Lipinski definition) is 3. The van der Waals surface area contributed by atoms with Crippen LogP contribution in [-0.2, 0) is 0 Å². The highest BCUT2D eigenvalue weighted by Crippen LogP contribution is 2.28. The first-order valence-electron chi connectivity index (χ1n) is 4.84. The number of halogens is 2. The zero-order chi connectivity index (χ0) is 12.4. The summed E-state index contributed by atoms with van der Waals surface area (Å²) in [5.74, 6) is -1.49. The fourth-order valence-corrected chi connectivity index (χ4v) is 1.32. The molecule has 0 aromatic heterocycles. The summed E-state index contributed by atoms with van der Waals surface area (Å²) in [6, 6.07) is 7.80. The van der Waals surface area contributed by atoms with Crippen LogP contribution in [0.3, 0.4) is 0 Å². The molecule has 0 heterocycles. The molecular formula is C12H10F2N2O. The van der Waals surface area contributed by atoms with Crippen molar-refractivity contribution in [3.05, 3.63) is 48.0 Å². The van der Waals surface area contributed by atoms with Crippen molar-refractivity contribution in [2.24, 2.45) is 0 Å². The quantitative estimate of drug-likeness (QED) is 0.788. The SMILES string of the molecule is Nc1ccc(Oc2ccc(N)cc2F)c(F)c1. The molecule has 0 atom stereocenters. The van der Waals surface area contributed by atoms with Gasteiger partial charge in [0.25, 0.3) is 0 Å². The number of hydrogen-bond donors (Lipinski definition) is 2. The lowest BCUT2D eigenvalue weighted by atomic mass is 10.2. The van der Waals surface area contributed by atoms with Crippen molar-refractivity contribution in [2.75, 3.05) is 11.5 Å². The second kappa shape index (κ2) is 4.29. The predicted molar refractivity (Wildman–Crippen MR) is 61.7 cm³/mol.